The highest BCUT2D eigenvalue weighted by atomic mass is 16.6. The third kappa shape index (κ3) is 4.30. The molecule has 0 atom stereocenters. The second-order valence-corrected chi connectivity index (χ2v) is 5.65. The molecule has 1 heterocycles. The fourth-order valence-electron chi connectivity index (χ4n) is 2.55. The molecular formula is C21H18N2O5. The second kappa shape index (κ2) is 8.73. The molecule has 0 spiro atoms. The van der Waals surface area contributed by atoms with E-state index in [1.54, 1.807) is 48.5 Å². The monoisotopic (exact) mass is 378 g/mol. The van der Waals surface area contributed by atoms with Crippen LogP contribution in [-0.4, -0.2) is 32.2 Å². The molecular weight excluding hydrogens is 360 g/mol. The highest BCUT2D eigenvalue weighted by molar-refractivity contribution is 6.12. The van der Waals surface area contributed by atoms with Crippen molar-refractivity contribution in [3.8, 4) is 23.3 Å². The Hall–Kier alpha value is -3.79. The maximum atomic E-state index is 12.2. The van der Waals surface area contributed by atoms with Crippen LogP contribution >= 0.6 is 0 Å². The molecule has 0 unspecified atom stereocenters. The molecule has 0 bridgehead atoms. The normalized spacial score (nSPS) is 14.2. The van der Waals surface area contributed by atoms with E-state index >= 15 is 0 Å². The molecule has 0 N–H and O–H groups in total. The lowest BCUT2D eigenvalue weighted by atomic mass is 10.1. The number of carbonyl (C=O) groups is 1. The van der Waals surface area contributed by atoms with E-state index in [2.05, 4.69) is 4.99 Å². The molecule has 2 aromatic rings. The Labute approximate surface area is 162 Å². The van der Waals surface area contributed by atoms with E-state index in [-0.39, 0.29) is 18.2 Å². The minimum absolute atomic E-state index is 0.0845. The molecule has 28 heavy (non-hydrogen) atoms. The summed E-state index contributed by atoms with van der Waals surface area (Å²) < 4.78 is 21.2. The number of benzene rings is 2. The van der Waals surface area contributed by atoms with Crippen LogP contribution in [-0.2, 0) is 9.53 Å². The summed E-state index contributed by atoms with van der Waals surface area (Å²) in [6.45, 7) is 2.40. The smallest absolute Gasteiger partial charge is 0.363 e. The minimum atomic E-state index is -0.535. The van der Waals surface area contributed by atoms with Crippen LogP contribution in [0.4, 0.5) is 0 Å². The molecule has 0 saturated carbocycles. The van der Waals surface area contributed by atoms with Gasteiger partial charge >= 0.3 is 5.97 Å². The molecule has 2 aromatic carbocycles. The van der Waals surface area contributed by atoms with Gasteiger partial charge in [0.1, 0.15) is 11.8 Å². The number of nitriles is 1. The SMILES string of the molecule is CCOc1ccc(C2=N/C(=C\c3ccc(OCC#N)c(OC)c3)C(=O)O2)cc1. The van der Waals surface area contributed by atoms with Gasteiger partial charge in [0.2, 0.25) is 5.90 Å². The number of ether oxygens (including phenoxy) is 4. The zero-order valence-electron chi connectivity index (χ0n) is 15.5. The predicted octanol–water partition coefficient (Wildman–Crippen LogP) is 3.34. The Bertz CT molecular complexity index is 971. The fraction of sp³-hybridized carbons (Fsp3) is 0.190. The molecule has 0 aromatic heterocycles. The lowest BCUT2D eigenvalue weighted by molar-refractivity contribution is -0.129. The van der Waals surface area contributed by atoms with Crippen LogP contribution in [0.2, 0.25) is 0 Å². The zero-order chi connectivity index (χ0) is 19.9. The summed E-state index contributed by atoms with van der Waals surface area (Å²) in [6, 6.07) is 14.1. The van der Waals surface area contributed by atoms with Crippen LogP contribution in [0, 0.1) is 11.3 Å². The van der Waals surface area contributed by atoms with Gasteiger partial charge in [-0.25, -0.2) is 9.79 Å². The number of esters is 1. The van der Waals surface area contributed by atoms with E-state index in [9.17, 15) is 4.79 Å². The Morgan fingerprint density at radius 2 is 1.93 bits per heavy atom. The van der Waals surface area contributed by atoms with E-state index < -0.39 is 5.97 Å². The number of nitrogens with zero attached hydrogens (tertiary/aromatic N) is 2. The van der Waals surface area contributed by atoms with Gasteiger partial charge in [-0.1, -0.05) is 6.07 Å². The third-order valence-electron chi connectivity index (χ3n) is 3.82. The van der Waals surface area contributed by atoms with Gasteiger partial charge < -0.3 is 18.9 Å². The summed E-state index contributed by atoms with van der Waals surface area (Å²) in [4.78, 5) is 16.5. The van der Waals surface area contributed by atoms with E-state index in [0.29, 0.717) is 29.2 Å². The number of aliphatic imine (C=N–C) groups is 1. The molecule has 142 valence electrons. The Morgan fingerprint density at radius 1 is 1.14 bits per heavy atom. The topological polar surface area (TPSA) is 90.1 Å². The van der Waals surface area contributed by atoms with Gasteiger partial charge in [-0.3, -0.25) is 0 Å². The number of hydrogen-bond donors (Lipinski definition) is 0. The number of carbonyl (C=O) groups excluding carboxylic acids is 1. The van der Waals surface area contributed by atoms with Crippen molar-refractivity contribution in [2.75, 3.05) is 20.3 Å². The van der Waals surface area contributed by atoms with E-state index in [4.69, 9.17) is 24.2 Å². The van der Waals surface area contributed by atoms with Crippen molar-refractivity contribution in [3.05, 3.63) is 59.3 Å². The summed E-state index contributed by atoms with van der Waals surface area (Å²) >= 11 is 0. The zero-order valence-corrected chi connectivity index (χ0v) is 15.5. The highest BCUT2D eigenvalue weighted by Crippen LogP contribution is 2.29. The molecule has 7 nitrogen and oxygen atoms in total. The van der Waals surface area contributed by atoms with Crippen molar-refractivity contribution in [3.63, 3.8) is 0 Å². The largest absolute Gasteiger partial charge is 0.494 e. The van der Waals surface area contributed by atoms with Crippen molar-refractivity contribution >= 4 is 17.9 Å². The van der Waals surface area contributed by atoms with Gasteiger partial charge in [0.15, 0.2) is 23.8 Å². The number of methoxy groups -OCH3 is 1. The van der Waals surface area contributed by atoms with Gasteiger partial charge in [-0.15, -0.1) is 0 Å². The van der Waals surface area contributed by atoms with Crippen LogP contribution in [0.3, 0.4) is 0 Å². The van der Waals surface area contributed by atoms with Crippen molar-refractivity contribution in [2.45, 2.75) is 6.92 Å². The molecule has 1 aliphatic heterocycles. The average molecular weight is 378 g/mol. The maximum Gasteiger partial charge on any atom is 0.363 e. The standard InChI is InChI=1S/C21H18N2O5/c1-3-26-16-7-5-15(6-8-16)20-23-17(21(24)28-20)12-14-4-9-18(27-11-10-22)19(13-14)25-2/h4-9,12-13H,3,11H2,1-2H3/b17-12-. The molecule has 0 amide bonds. The average Bonchev–Trinajstić information content (AvgIpc) is 3.08. The first kappa shape index (κ1) is 19.0. The quantitative estimate of drug-likeness (QED) is 0.542. The van der Waals surface area contributed by atoms with Crippen LogP contribution in [0.1, 0.15) is 18.1 Å². The molecule has 0 aliphatic carbocycles. The summed E-state index contributed by atoms with van der Waals surface area (Å²) in [5.41, 5.74) is 1.54. The summed E-state index contributed by atoms with van der Waals surface area (Å²) in [5, 5.41) is 8.63. The van der Waals surface area contributed by atoms with Crippen molar-refractivity contribution < 1.29 is 23.7 Å². The third-order valence-corrected chi connectivity index (χ3v) is 3.82. The maximum absolute atomic E-state index is 12.2. The lowest BCUT2D eigenvalue weighted by Crippen LogP contribution is -2.05. The first-order chi connectivity index (χ1) is 13.6. The molecule has 7 heteroatoms. The van der Waals surface area contributed by atoms with Crippen LogP contribution in [0.15, 0.2) is 53.2 Å². The highest BCUT2D eigenvalue weighted by Gasteiger charge is 2.24. The summed E-state index contributed by atoms with van der Waals surface area (Å²) in [7, 11) is 1.50. The Balaban J connectivity index is 1.83. The van der Waals surface area contributed by atoms with Gasteiger partial charge in [-0.05, 0) is 55.0 Å². The predicted molar refractivity (Wildman–Crippen MR) is 102 cm³/mol. The van der Waals surface area contributed by atoms with Crippen LogP contribution in [0.5, 0.6) is 17.2 Å². The van der Waals surface area contributed by atoms with Gasteiger partial charge in [-0.2, -0.15) is 5.26 Å². The molecule has 3 rings (SSSR count). The van der Waals surface area contributed by atoms with E-state index in [1.165, 1.54) is 7.11 Å². The molecule has 0 fully saturated rings. The lowest BCUT2D eigenvalue weighted by Gasteiger charge is -2.08. The summed E-state index contributed by atoms with van der Waals surface area (Å²) in [6.07, 6.45) is 1.60. The summed E-state index contributed by atoms with van der Waals surface area (Å²) in [5.74, 6) is 1.33. The number of hydrogen-bond acceptors (Lipinski definition) is 7. The number of rotatable bonds is 7. The van der Waals surface area contributed by atoms with Crippen molar-refractivity contribution in [2.24, 2.45) is 4.99 Å². The first-order valence-corrected chi connectivity index (χ1v) is 8.58. The van der Waals surface area contributed by atoms with Gasteiger partial charge in [0.25, 0.3) is 0 Å². The van der Waals surface area contributed by atoms with Crippen LogP contribution < -0.4 is 14.2 Å². The fourth-order valence-corrected chi connectivity index (χ4v) is 2.55. The van der Waals surface area contributed by atoms with E-state index in [1.807, 2.05) is 13.0 Å². The molecule has 1 aliphatic rings. The first-order valence-electron chi connectivity index (χ1n) is 8.58. The Kier molecular flexibility index (Phi) is 5.92. The van der Waals surface area contributed by atoms with Crippen molar-refractivity contribution in [1.29, 1.82) is 5.26 Å². The van der Waals surface area contributed by atoms with Gasteiger partial charge in [0.05, 0.1) is 13.7 Å². The molecule has 0 saturated heterocycles. The second-order valence-electron chi connectivity index (χ2n) is 5.65. The van der Waals surface area contributed by atoms with Crippen LogP contribution in [0.25, 0.3) is 6.08 Å². The Morgan fingerprint density at radius 3 is 2.61 bits per heavy atom. The number of cyclic esters (lactones) is 1. The van der Waals surface area contributed by atoms with E-state index in [0.717, 1.165) is 5.75 Å². The van der Waals surface area contributed by atoms with Crippen molar-refractivity contribution in [1.82, 2.24) is 0 Å². The minimum Gasteiger partial charge on any atom is -0.494 e. The molecule has 0 radical (unpaired) electrons. The van der Waals surface area contributed by atoms with Gasteiger partial charge in [0, 0.05) is 5.56 Å².